The summed E-state index contributed by atoms with van der Waals surface area (Å²) in [7, 11) is 3.31. The lowest BCUT2D eigenvalue weighted by molar-refractivity contribution is -0.158. The number of carbonyl (C=O) groups is 1. The van der Waals surface area contributed by atoms with E-state index in [0.717, 1.165) is 45.0 Å². The van der Waals surface area contributed by atoms with E-state index < -0.39 is 5.72 Å². The van der Waals surface area contributed by atoms with E-state index in [1.165, 1.54) is 0 Å². The molecule has 3 heterocycles. The molecule has 3 aliphatic heterocycles. The van der Waals surface area contributed by atoms with E-state index >= 15 is 0 Å². The van der Waals surface area contributed by atoms with Gasteiger partial charge in [0.15, 0.2) is 0 Å². The molecule has 0 radical (unpaired) electrons. The molecular formula is C24H26BrN3O4. The predicted octanol–water partition coefficient (Wildman–Crippen LogP) is 4.35. The highest BCUT2D eigenvalue weighted by Crippen LogP contribution is 2.51. The van der Waals surface area contributed by atoms with Crippen molar-refractivity contribution in [2.45, 2.75) is 38.0 Å². The zero-order valence-corrected chi connectivity index (χ0v) is 20.0. The van der Waals surface area contributed by atoms with Crippen molar-refractivity contribution in [3.8, 4) is 17.2 Å². The molecule has 32 heavy (non-hydrogen) atoms. The number of rotatable bonds is 3. The summed E-state index contributed by atoms with van der Waals surface area (Å²) in [5, 5.41) is 7.24. The van der Waals surface area contributed by atoms with Crippen molar-refractivity contribution >= 4 is 27.5 Å². The van der Waals surface area contributed by atoms with Gasteiger partial charge in [-0.05, 0) is 30.3 Å². The Morgan fingerprint density at radius 3 is 2.62 bits per heavy atom. The van der Waals surface area contributed by atoms with Gasteiger partial charge in [0.1, 0.15) is 17.2 Å². The molecule has 1 fully saturated rings. The average molecular weight is 500 g/mol. The standard InChI is InChI=1S/C24H26BrN3O4/c1-15(29)27-10-8-24(9-11-27)28-21(19-12-16(25)4-7-22(19)32-24)14-20(26-28)18-6-5-17(30-2)13-23(18)31-3/h4-7,12-13,21H,8-11,14H2,1-3H3. The van der Waals surface area contributed by atoms with Crippen LogP contribution in [0.15, 0.2) is 46.0 Å². The first-order valence-corrected chi connectivity index (χ1v) is 11.6. The number of methoxy groups -OCH3 is 2. The number of hydrogen-bond acceptors (Lipinski definition) is 6. The second-order valence-electron chi connectivity index (χ2n) is 8.41. The Morgan fingerprint density at radius 1 is 1.16 bits per heavy atom. The molecule has 0 aromatic heterocycles. The van der Waals surface area contributed by atoms with Crippen LogP contribution in [0, 0.1) is 0 Å². The van der Waals surface area contributed by atoms with E-state index in [4.69, 9.17) is 19.3 Å². The lowest BCUT2D eigenvalue weighted by Crippen LogP contribution is -2.59. The molecule has 3 aliphatic rings. The van der Waals surface area contributed by atoms with Crippen molar-refractivity contribution in [2.24, 2.45) is 5.10 Å². The Hall–Kier alpha value is -2.74. The summed E-state index contributed by atoms with van der Waals surface area (Å²) < 4.78 is 18.7. The number of fused-ring (bicyclic) bond motifs is 4. The summed E-state index contributed by atoms with van der Waals surface area (Å²) in [5.41, 5.74) is 2.46. The lowest BCUT2D eigenvalue weighted by atomic mass is 9.90. The number of hydrogen-bond donors (Lipinski definition) is 0. The van der Waals surface area contributed by atoms with Crippen LogP contribution < -0.4 is 14.2 Å². The van der Waals surface area contributed by atoms with Gasteiger partial charge in [0.05, 0.1) is 26.0 Å². The third kappa shape index (κ3) is 3.41. The first-order valence-electron chi connectivity index (χ1n) is 10.8. The quantitative estimate of drug-likeness (QED) is 0.628. The first kappa shape index (κ1) is 21.1. The predicted molar refractivity (Wildman–Crippen MR) is 124 cm³/mol. The Labute approximate surface area is 196 Å². The van der Waals surface area contributed by atoms with E-state index in [-0.39, 0.29) is 11.9 Å². The van der Waals surface area contributed by atoms with E-state index in [0.29, 0.717) is 25.9 Å². The largest absolute Gasteiger partial charge is 0.497 e. The van der Waals surface area contributed by atoms with Crippen LogP contribution in [0.4, 0.5) is 0 Å². The van der Waals surface area contributed by atoms with Gasteiger partial charge < -0.3 is 19.1 Å². The number of piperidine rings is 1. The molecule has 1 amide bonds. The van der Waals surface area contributed by atoms with Gasteiger partial charge in [0, 0.05) is 60.9 Å². The van der Waals surface area contributed by atoms with Crippen LogP contribution in [0.2, 0.25) is 0 Å². The van der Waals surface area contributed by atoms with Crippen molar-refractivity contribution < 1.29 is 19.0 Å². The Kier molecular flexibility index (Phi) is 5.28. The van der Waals surface area contributed by atoms with Crippen molar-refractivity contribution in [1.82, 2.24) is 9.91 Å². The first-order chi connectivity index (χ1) is 15.4. The number of carbonyl (C=O) groups excluding carboxylic acids is 1. The smallest absolute Gasteiger partial charge is 0.219 e. The minimum atomic E-state index is -0.571. The van der Waals surface area contributed by atoms with Crippen LogP contribution in [-0.4, -0.2) is 54.6 Å². The maximum atomic E-state index is 11.9. The molecule has 8 heteroatoms. The zero-order chi connectivity index (χ0) is 22.5. The molecule has 168 valence electrons. The van der Waals surface area contributed by atoms with E-state index in [1.807, 2.05) is 35.2 Å². The molecule has 1 unspecified atom stereocenters. The highest BCUT2D eigenvalue weighted by molar-refractivity contribution is 9.10. The topological polar surface area (TPSA) is 63.6 Å². The minimum absolute atomic E-state index is 0.0573. The number of amides is 1. The van der Waals surface area contributed by atoms with Crippen LogP contribution in [0.3, 0.4) is 0 Å². The Balaban J connectivity index is 1.56. The molecule has 2 aromatic carbocycles. The summed E-state index contributed by atoms with van der Waals surface area (Å²) in [5.74, 6) is 2.47. The second-order valence-corrected chi connectivity index (χ2v) is 9.33. The summed E-state index contributed by atoms with van der Waals surface area (Å²) >= 11 is 3.61. The molecule has 2 aromatic rings. The Morgan fingerprint density at radius 2 is 1.94 bits per heavy atom. The van der Waals surface area contributed by atoms with Crippen LogP contribution >= 0.6 is 15.9 Å². The molecule has 0 saturated carbocycles. The third-order valence-corrected chi connectivity index (χ3v) is 7.16. The molecule has 7 nitrogen and oxygen atoms in total. The van der Waals surface area contributed by atoms with Crippen LogP contribution in [0.5, 0.6) is 17.2 Å². The number of halogens is 1. The van der Waals surface area contributed by atoms with Crippen molar-refractivity contribution in [3.63, 3.8) is 0 Å². The van der Waals surface area contributed by atoms with Gasteiger partial charge >= 0.3 is 0 Å². The molecule has 5 rings (SSSR count). The lowest BCUT2D eigenvalue weighted by Gasteiger charge is -2.51. The number of likely N-dealkylation sites (tertiary alicyclic amines) is 1. The SMILES string of the molecule is COc1ccc(C2=NN3C(C2)c2cc(Br)ccc2OC32CCN(C(C)=O)CC2)c(OC)c1. The zero-order valence-electron chi connectivity index (χ0n) is 18.4. The van der Waals surface area contributed by atoms with Gasteiger partial charge in [-0.3, -0.25) is 4.79 Å². The van der Waals surface area contributed by atoms with Crippen LogP contribution in [0.25, 0.3) is 0 Å². The number of ether oxygens (including phenoxy) is 3. The fourth-order valence-electron chi connectivity index (χ4n) is 4.95. The average Bonchev–Trinajstić information content (AvgIpc) is 3.26. The highest BCUT2D eigenvalue weighted by atomic mass is 79.9. The normalized spacial score (nSPS) is 20.9. The molecule has 1 spiro atoms. The molecule has 1 atom stereocenters. The van der Waals surface area contributed by atoms with Crippen LogP contribution in [-0.2, 0) is 4.79 Å². The molecular weight excluding hydrogens is 474 g/mol. The highest BCUT2D eigenvalue weighted by Gasteiger charge is 2.52. The van der Waals surface area contributed by atoms with Gasteiger partial charge in [0.2, 0.25) is 11.6 Å². The summed E-state index contributed by atoms with van der Waals surface area (Å²) in [6.45, 7) is 2.93. The Bertz CT molecular complexity index is 1090. The second kappa shape index (κ2) is 7.99. The van der Waals surface area contributed by atoms with E-state index in [1.54, 1.807) is 21.1 Å². The van der Waals surface area contributed by atoms with Crippen LogP contribution in [0.1, 0.15) is 43.4 Å². The monoisotopic (exact) mass is 499 g/mol. The minimum Gasteiger partial charge on any atom is -0.497 e. The molecule has 1 saturated heterocycles. The van der Waals surface area contributed by atoms with Gasteiger partial charge in [-0.2, -0.15) is 5.10 Å². The van der Waals surface area contributed by atoms with Gasteiger partial charge in [-0.15, -0.1) is 0 Å². The molecule has 0 N–H and O–H groups in total. The number of nitrogens with zero attached hydrogens (tertiary/aromatic N) is 3. The van der Waals surface area contributed by atoms with Gasteiger partial charge in [-0.1, -0.05) is 15.9 Å². The van der Waals surface area contributed by atoms with Crippen molar-refractivity contribution in [1.29, 1.82) is 0 Å². The van der Waals surface area contributed by atoms with Gasteiger partial charge in [-0.25, -0.2) is 5.01 Å². The maximum Gasteiger partial charge on any atom is 0.219 e. The summed E-state index contributed by atoms with van der Waals surface area (Å²) in [6, 6.07) is 12.0. The number of benzene rings is 2. The summed E-state index contributed by atoms with van der Waals surface area (Å²) in [4.78, 5) is 13.8. The molecule has 0 bridgehead atoms. The number of hydrazone groups is 1. The van der Waals surface area contributed by atoms with E-state index in [2.05, 4.69) is 27.0 Å². The van der Waals surface area contributed by atoms with Gasteiger partial charge in [0.25, 0.3) is 0 Å². The fraction of sp³-hybridized carbons (Fsp3) is 0.417. The maximum absolute atomic E-state index is 11.9. The fourth-order valence-corrected chi connectivity index (χ4v) is 5.33. The third-order valence-electron chi connectivity index (χ3n) is 6.67. The molecule has 0 aliphatic carbocycles. The van der Waals surface area contributed by atoms with Crippen molar-refractivity contribution in [2.75, 3.05) is 27.3 Å². The summed E-state index contributed by atoms with van der Waals surface area (Å²) in [6.07, 6.45) is 2.15. The van der Waals surface area contributed by atoms with E-state index in [9.17, 15) is 4.79 Å². The van der Waals surface area contributed by atoms with Crippen molar-refractivity contribution in [3.05, 3.63) is 52.0 Å².